The van der Waals surface area contributed by atoms with E-state index in [9.17, 15) is 59.9 Å². The van der Waals surface area contributed by atoms with E-state index in [0.717, 1.165) is 58.6 Å². The zero-order valence-electron chi connectivity index (χ0n) is 62.5. The second-order valence-corrected chi connectivity index (χ2v) is 29.2. The third-order valence-electron chi connectivity index (χ3n) is 17.4. The zero-order valence-corrected chi connectivity index (χ0v) is 73.6. The van der Waals surface area contributed by atoms with Crippen molar-refractivity contribution in [3.05, 3.63) is 173 Å². The molecule has 0 saturated heterocycles. The smallest absolute Gasteiger partial charge is 0.441 e. The van der Waals surface area contributed by atoms with E-state index in [1.807, 2.05) is 75.2 Å². The number of carbonyl (C=O) groups excluding carboxylic acids is 7. The molecule has 0 fully saturated rings. The van der Waals surface area contributed by atoms with Crippen LogP contribution in [0.4, 0.5) is 54.8 Å². The van der Waals surface area contributed by atoms with Gasteiger partial charge >= 0.3 is 18.9 Å². The minimum atomic E-state index is -3.64. The van der Waals surface area contributed by atoms with Crippen LogP contribution in [0, 0.1) is 13.8 Å². The number of halogens is 13. The summed E-state index contributed by atoms with van der Waals surface area (Å²) in [7, 11) is 3.36. The Kier molecular flexibility index (Phi) is 33.8. The highest BCUT2D eigenvalue weighted by Crippen LogP contribution is 2.45. The van der Waals surface area contributed by atoms with Gasteiger partial charge in [0.2, 0.25) is 29.5 Å². The van der Waals surface area contributed by atoms with Crippen LogP contribution in [0.15, 0.2) is 136 Å². The molecular formula is C79H78Br7F6N7O15. The number of hydrogen-bond acceptors (Lipinski definition) is 17. The van der Waals surface area contributed by atoms with Crippen molar-refractivity contribution < 1.29 is 97.2 Å². The van der Waals surface area contributed by atoms with Crippen LogP contribution in [0.3, 0.4) is 0 Å². The fraction of sp³-hybridized carbons (Fsp3) is 0.354. The lowest BCUT2D eigenvalue weighted by Gasteiger charge is -2.20. The average Bonchev–Trinajstić information content (AvgIpc) is 1.69. The highest BCUT2D eigenvalue weighted by molar-refractivity contribution is 9.10. The standard InChI is InChI=1S/C13H16BrNO.C12H13BrN2O2.C12H14BrNO.C11H10BrF2NO3.C11H10BrNO2.C10H8BrF2NO3.C10H7BrF2O3/c1-2-15(13(16)9-14)12-7-6-10-4-3-5-11(10)8-12;1-3-15(12(16)7-13)9-4-5-10-11(6-9)17-8(2)14-10;1-14(12(15)8-13)11-6-5-9-3-2-4-10(9)7-11;1-2-15(10(16)6-12)7-3-4-8-9(5-7)18-11(13,14)17-8;1-7-13-10-3-2-8(4-9(14)6-12)5-11(10)15-7;1-14(9(15)5-11)6-2-3-7-8(4-6)17-10(12,13)16-7;11-5-7(14)3-6-1-2-8-9(4-6)16-10(12,13)15-8/h6-8H,2-5,9H2,1H3;4-6H,3,7H2,1-2H3;5-7H,2-4,8H2,1H3;3-5H,2,6H2,1H3;2-3,5H,4,6H2,1H3;2-4H,5H2,1H3;1-2,4H,3,5H2. The van der Waals surface area contributed by atoms with Gasteiger partial charge in [-0.2, -0.15) is 0 Å². The van der Waals surface area contributed by atoms with Crippen LogP contribution >= 0.6 is 112 Å². The number of hydrogen-bond donors (Lipinski definition) is 0. The number of oxazole rings is 2. The van der Waals surface area contributed by atoms with Crippen molar-refractivity contribution in [3.63, 3.8) is 0 Å². The van der Waals surface area contributed by atoms with Crippen LogP contribution in [0.1, 0.15) is 78.8 Å². The molecule has 0 bridgehead atoms. The molecule has 0 saturated carbocycles. The number of carbonyl (C=O) groups is 7. The van der Waals surface area contributed by atoms with Crippen molar-refractivity contribution in [1.82, 2.24) is 9.97 Å². The van der Waals surface area contributed by atoms with Crippen molar-refractivity contribution in [2.75, 3.05) is 95.5 Å². The summed E-state index contributed by atoms with van der Waals surface area (Å²) in [6, 6.07) is 36.7. The molecular weight excluding hydrogens is 1960 g/mol. The summed E-state index contributed by atoms with van der Waals surface area (Å²) in [5.41, 5.74) is 14.2. The summed E-state index contributed by atoms with van der Waals surface area (Å²) in [6.45, 7) is 11.1. The molecule has 2 aliphatic carbocycles. The Labute approximate surface area is 712 Å². The second kappa shape index (κ2) is 42.2. The van der Waals surface area contributed by atoms with E-state index in [1.54, 1.807) is 36.8 Å². The third kappa shape index (κ3) is 25.2. The summed E-state index contributed by atoms with van der Waals surface area (Å²) >= 11 is 21.8. The molecule has 0 N–H and O–H groups in total. The van der Waals surface area contributed by atoms with Gasteiger partial charge in [0.15, 0.2) is 57.4 Å². The van der Waals surface area contributed by atoms with Gasteiger partial charge in [-0.3, -0.25) is 33.6 Å². The maximum atomic E-state index is 12.8. The number of anilines is 5. The molecule has 3 aliphatic heterocycles. The first-order chi connectivity index (χ1) is 54.2. The van der Waals surface area contributed by atoms with E-state index in [0.29, 0.717) is 75.1 Å². The lowest BCUT2D eigenvalue weighted by molar-refractivity contribution is -0.287. The second-order valence-electron chi connectivity index (χ2n) is 25.3. The highest BCUT2D eigenvalue weighted by atomic mass is 79.9. The number of amides is 5. The third-order valence-corrected chi connectivity index (χ3v) is 21.1. The highest BCUT2D eigenvalue weighted by Gasteiger charge is 2.46. The van der Waals surface area contributed by atoms with Gasteiger partial charge in [-0.05, 0) is 178 Å². The van der Waals surface area contributed by atoms with E-state index in [2.05, 4.69) is 180 Å². The van der Waals surface area contributed by atoms with Crippen LogP contribution < -0.4 is 52.9 Å². The minimum absolute atomic E-state index is 0.0139. The Hall–Kier alpha value is -8.09. The number of ketones is 2. The van der Waals surface area contributed by atoms with Gasteiger partial charge in [0, 0.05) is 107 Å². The molecule has 5 aliphatic rings. The number of benzene rings is 7. The van der Waals surface area contributed by atoms with Gasteiger partial charge in [-0.1, -0.05) is 136 Å². The molecule has 7 aromatic carbocycles. The number of nitrogens with zero attached hydrogens (tertiary/aromatic N) is 7. The summed E-state index contributed by atoms with van der Waals surface area (Å²) < 4.78 is 113. The topological polar surface area (TPSA) is 243 Å². The summed E-state index contributed by atoms with van der Waals surface area (Å²) in [5.74, 6) is 1.00. The van der Waals surface area contributed by atoms with Crippen molar-refractivity contribution in [3.8, 4) is 34.5 Å². The van der Waals surface area contributed by atoms with Gasteiger partial charge in [0.1, 0.15) is 22.6 Å². The number of Topliss-reactive ketones (excluding diaryl/α,β-unsaturated/α-hetero) is 2. The molecule has 610 valence electrons. The summed E-state index contributed by atoms with van der Waals surface area (Å²) in [6.07, 6.45) is -3.11. The molecule has 5 amide bonds. The lowest BCUT2D eigenvalue weighted by atomic mass is 10.1. The Balaban J connectivity index is 0.000000167. The van der Waals surface area contributed by atoms with E-state index in [1.165, 1.54) is 106 Å². The number of alkyl halides is 13. The zero-order chi connectivity index (χ0) is 83.4. The molecule has 2 aromatic heterocycles. The number of aryl methyl sites for hydroxylation is 6. The normalized spacial score (nSPS) is 13.8. The van der Waals surface area contributed by atoms with Crippen molar-refractivity contribution in [1.29, 1.82) is 0 Å². The Morgan fingerprint density at radius 3 is 1.10 bits per heavy atom. The first kappa shape index (κ1) is 91.4. The predicted octanol–water partition coefficient (Wildman–Crippen LogP) is 18.6. The lowest BCUT2D eigenvalue weighted by Crippen LogP contribution is -2.31. The number of ether oxygens (including phenoxy) is 6. The number of rotatable bonds is 19. The minimum Gasteiger partial charge on any atom is -0.441 e. The molecule has 22 nitrogen and oxygen atoms in total. The predicted molar refractivity (Wildman–Crippen MR) is 447 cm³/mol. The van der Waals surface area contributed by atoms with Crippen LogP contribution in [0.5, 0.6) is 34.5 Å². The number of aromatic nitrogens is 2. The molecule has 5 heterocycles. The van der Waals surface area contributed by atoms with Crippen LogP contribution in [-0.4, -0.2) is 141 Å². The maximum Gasteiger partial charge on any atom is 0.586 e. The molecule has 35 heteroatoms. The average molecular weight is 2040 g/mol. The molecule has 0 unspecified atom stereocenters. The molecule has 0 radical (unpaired) electrons. The first-order valence-corrected chi connectivity index (χ1v) is 43.1. The molecule has 9 aromatic rings. The Bertz CT molecular complexity index is 4930. The maximum absolute atomic E-state index is 12.8. The van der Waals surface area contributed by atoms with Gasteiger partial charge in [0.25, 0.3) is 0 Å². The van der Waals surface area contributed by atoms with Crippen LogP contribution in [-0.2, 0) is 72.1 Å². The summed E-state index contributed by atoms with van der Waals surface area (Å²) in [5, 5.41) is 2.00. The monoisotopic (exact) mass is 2030 g/mol. The van der Waals surface area contributed by atoms with Crippen molar-refractivity contribution >= 4 is 203 Å². The Morgan fingerprint density at radius 1 is 0.360 bits per heavy atom. The first-order valence-electron chi connectivity index (χ1n) is 35.3. The van der Waals surface area contributed by atoms with Gasteiger partial charge in [0.05, 0.1) is 37.3 Å². The molecule has 0 atom stereocenters. The van der Waals surface area contributed by atoms with Crippen molar-refractivity contribution in [2.45, 2.75) is 105 Å². The van der Waals surface area contributed by atoms with Crippen LogP contribution in [0.2, 0.25) is 0 Å². The number of fused-ring (bicyclic) bond motifs is 7. The van der Waals surface area contributed by atoms with E-state index >= 15 is 0 Å². The fourth-order valence-corrected chi connectivity index (χ4v) is 14.0. The SMILES string of the molecule is CCN(C(=O)CBr)c1ccc2c(c1)CCC2.CCN(C(=O)CBr)c1ccc2c(c1)OC(F)(F)O2.CCN(C(=O)CBr)c1ccc2nc(C)oc2c1.CN(C(=O)CBr)c1ccc2c(c1)CCC2.CN(C(=O)CBr)c1ccc2c(c1)OC(F)(F)O2.Cc1nc2ccc(CC(=O)CBr)cc2o1.O=C(CBr)Cc1ccc2c(c1)OC(F)(F)O2. The van der Waals surface area contributed by atoms with E-state index in [4.69, 9.17) is 8.83 Å². The van der Waals surface area contributed by atoms with Crippen molar-refractivity contribution in [2.24, 2.45) is 0 Å². The van der Waals surface area contributed by atoms with Crippen LogP contribution in [0.25, 0.3) is 22.2 Å². The van der Waals surface area contributed by atoms with Gasteiger partial charge in [-0.25, -0.2) is 9.97 Å². The van der Waals surface area contributed by atoms with E-state index < -0.39 is 18.9 Å². The largest absolute Gasteiger partial charge is 0.586 e. The summed E-state index contributed by atoms with van der Waals surface area (Å²) in [4.78, 5) is 96.8. The Morgan fingerprint density at radius 2 is 0.667 bits per heavy atom. The quantitative estimate of drug-likeness (QED) is 0.0539. The van der Waals surface area contributed by atoms with E-state index in [-0.39, 0.29) is 98.0 Å². The molecule has 0 spiro atoms. The van der Waals surface area contributed by atoms with Gasteiger partial charge in [-0.15, -0.1) is 26.3 Å². The fourth-order valence-electron chi connectivity index (χ4n) is 12.0. The van der Waals surface area contributed by atoms with Gasteiger partial charge < -0.3 is 61.8 Å². The molecule has 14 rings (SSSR count). The molecule has 114 heavy (non-hydrogen) atoms.